The molecule has 0 aromatic heterocycles. The molecule has 1 aliphatic rings. The molecule has 1 N–H and O–H groups in total. The van der Waals surface area contributed by atoms with Crippen molar-refractivity contribution in [1.82, 2.24) is 5.32 Å². The van der Waals surface area contributed by atoms with E-state index in [9.17, 15) is 0 Å². The van der Waals surface area contributed by atoms with Gasteiger partial charge in [-0.1, -0.05) is 38.0 Å². The van der Waals surface area contributed by atoms with Crippen LogP contribution in [0.5, 0.6) is 17.2 Å². The first kappa shape index (κ1) is 19.6. The second-order valence-corrected chi connectivity index (χ2v) is 6.86. The summed E-state index contributed by atoms with van der Waals surface area (Å²) in [6.45, 7) is 6.55. The number of methoxy groups -OCH3 is 1. The van der Waals surface area contributed by atoms with Crippen molar-refractivity contribution in [3.63, 3.8) is 0 Å². The van der Waals surface area contributed by atoms with Gasteiger partial charge in [-0.2, -0.15) is 0 Å². The SMILES string of the molecule is CCCCCOc1ccc(C2NCCc3c2ccc(OC)c3OCC)cc1. The topological polar surface area (TPSA) is 39.7 Å². The Labute approximate surface area is 162 Å². The summed E-state index contributed by atoms with van der Waals surface area (Å²) in [4.78, 5) is 0. The molecule has 0 saturated carbocycles. The third-order valence-corrected chi connectivity index (χ3v) is 5.03. The van der Waals surface area contributed by atoms with Gasteiger partial charge in [-0.3, -0.25) is 0 Å². The average molecular weight is 370 g/mol. The van der Waals surface area contributed by atoms with E-state index in [-0.39, 0.29) is 6.04 Å². The van der Waals surface area contributed by atoms with E-state index in [4.69, 9.17) is 14.2 Å². The minimum absolute atomic E-state index is 0.160. The average Bonchev–Trinajstić information content (AvgIpc) is 2.72. The van der Waals surface area contributed by atoms with Crippen molar-refractivity contribution < 1.29 is 14.2 Å². The van der Waals surface area contributed by atoms with Crippen molar-refractivity contribution in [3.8, 4) is 17.2 Å². The molecule has 2 aromatic carbocycles. The number of ether oxygens (including phenoxy) is 3. The van der Waals surface area contributed by atoms with Gasteiger partial charge in [-0.05, 0) is 49.1 Å². The molecule has 0 saturated heterocycles. The molecular weight excluding hydrogens is 338 g/mol. The summed E-state index contributed by atoms with van der Waals surface area (Å²) in [6.07, 6.45) is 4.48. The van der Waals surface area contributed by atoms with Gasteiger partial charge in [0.25, 0.3) is 0 Å². The van der Waals surface area contributed by atoms with Gasteiger partial charge < -0.3 is 19.5 Å². The van der Waals surface area contributed by atoms with E-state index < -0.39 is 0 Å². The van der Waals surface area contributed by atoms with Crippen LogP contribution >= 0.6 is 0 Å². The molecule has 4 nitrogen and oxygen atoms in total. The molecule has 0 radical (unpaired) electrons. The van der Waals surface area contributed by atoms with Crippen molar-refractivity contribution in [2.24, 2.45) is 0 Å². The number of unbranched alkanes of at least 4 members (excludes halogenated alkanes) is 2. The van der Waals surface area contributed by atoms with Crippen molar-refractivity contribution in [3.05, 3.63) is 53.1 Å². The predicted molar refractivity (Wildman–Crippen MR) is 109 cm³/mol. The van der Waals surface area contributed by atoms with Crippen LogP contribution in [0.1, 0.15) is 55.8 Å². The van der Waals surface area contributed by atoms with Gasteiger partial charge in [0.1, 0.15) is 5.75 Å². The van der Waals surface area contributed by atoms with E-state index in [1.54, 1.807) is 7.11 Å². The molecule has 146 valence electrons. The van der Waals surface area contributed by atoms with E-state index >= 15 is 0 Å². The quantitative estimate of drug-likeness (QED) is 0.638. The van der Waals surface area contributed by atoms with Crippen LogP contribution in [-0.4, -0.2) is 26.9 Å². The van der Waals surface area contributed by atoms with Crippen molar-refractivity contribution in [2.45, 2.75) is 45.6 Å². The number of benzene rings is 2. The van der Waals surface area contributed by atoms with Gasteiger partial charge in [-0.25, -0.2) is 0 Å². The standard InChI is InChI=1S/C23H31NO3/c1-4-6-7-16-27-18-10-8-17(9-11-18)22-19-12-13-21(25-3)23(26-5-2)20(19)14-15-24-22/h8-13,22,24H,4-7,14-16H2,1-3H3. The number of fused-ring (bicyclic) bond motifs is 1. The molecule has 1 atom stereocenters. The van der Waals surface area contributed by atoms with Gasteiger partial charge in [0.2, 0.25) is 0 Å². The highest BCUT2D eigenvalue weighted by molar-refractivity contribution is 5.54. The first-order valence-electron chi connectivity index (χ1n) is 10.1. The fourth-order valence-corrected chi connectivity index (χ4v) is 3.66. The van der Waals surface area contributed by atoms with Gasteiger partial charge >= 0.3 is 0 Å². The highest BCUT2D eigenvalue weighted by Crippen LogP contribution is 2.40. The fourth-order valence-electron chi connectivity index (χ4n) is 3.66. The minimum Gasteiger partial charge on any atom is -0.494 e. The van der Waals surface area contributed by atoms with Crippen molar-refractivity contribution >= 4 is 0 Å². The second kappa shape index (κ2) is 9.65. The molecule has 0 aliphatic carbocycles. The zero-order valence-corrected chi connectivity index (χ0v) is 16.7. The van der Waals surface area contributed by atoms with Crippen molar-refractivity contribution in [2.75, 3.05) is 26.9 Å². The maximum Gasteiger partial charge on any atom is 0.164 e. The van der Waals surface area contributed by atoms with Crippen LogP contribution < -0.4 is 19.5 Å². The maximum atomic E-state index is 5.92. The molecule has 0 spiro atoms. The zero-order chi connectivity index (χ0) is 19.1. The highest BCUT2D eigenvalue weighted by Gasteiger charge is 2.26. The van der Waals surface area contributed by atoms with Crippen molar-refractivity contribution in [1.29, 1.82) is 0 Å². The molecule has 1 unspecified atom stereocenters. The minimum atomic E-state index is 0.160. The normalized spacial score (nSPS) is 15.9. The van der Waals surface area contributed by atoms with Gasteiger partial charge in [0, 0.05) is 12.1 Å². The summed E-state index contributed by atoms with van der Waals surface area (Å²) >= 11 is 0. The Hall–Kier alpha value is -2.20. The Morgan fingerprint density at radius 3 is 2.52 bits per heavy atom. The second-order valence-electron chi connectivity index (χ2n) is 6.86. The van der Waals surface area contributed by atoms with Crippen LogP contribution in [0.3, 0.4) is 0 Å². The lowest BCUT2D eigenvalue weighted by molar-refractivity contribution is 0.304. The van der Waals surface area contributed by atoms with Gasteiger partial charge in [-0.15, -0.1) is 0 Å². The molecule has 1 aliphatic heterocycles. The third kappa shape index (κ3) is 4.56. The summed E-state index contributed by atoms with van der Waals surface area (Å²) in [7, 11) is 1.70. The summed E-state index contributed by atoms with van der Waals surface area (Å²) in [5, 5.41) is 3.64. The molecular formula is C23H31NO3. The predicted octanol–water partition coefficient (Wildman–Crippen LogP) is 4.90. The highest BCUT2D eigenvalue weighted by atomic mass is 16.5. The van der Waals surface area contributed by atoms with Gasteiger partial charge in [0.05, 0.1) is 26.4 Å². The van der Waals surface area contributed by atoms with Crippen LogP contribution in [0.25, 0.3) is 0 Å². The Morgan fingerprint density at radius 2 is 1.81 bits per heavy atom. The molecule has 3 rings (SSSR count). The van der Waals surface area contributed by atoms with E-state index in [0.29, 0.717) is 6.61 Å². The lowest BCUT2D eigenvalue weighted by Crippen LogP contribution is -2.31. The number of nitrogens with one attached hydrogen (secondary N) is 1. The van der Waals surface area contributed by atoms with Crippen LogP contribution in [0, 0.1) is 0 Å². The van der Waals surface area contributed by atoms with Crippen LogP contribution in [0.4, 0.5) is 0 Å². The Balaban J connectivity index is 1.80. The fraction of sp³-hybridized carbons (Fsp3) is 0.478. The molecule has 27 heavy (non-hydrogen) atoms. The maximum absolute atomic E-state index is 5.92. The Bertz CT molecular complexity index is 727. The van der Waals surface area contributed by atoms with Crippen LogP contribution in [0.15, 0.2) is 36.4 Å². The van der Waals surface area contributed by atoms with Crippen LogP contribution in [-0.2, 0) is 6.42 Å². The molecule has 0 fully saturated rings. The summed E-state index contributed by atoms with van der Waals surface area (Å²) < 4.78 is 17.3. The molecule has 4 heteroatoms. The zero-order valence-electron chi connectivity index (χ0n) is 16.7. The van der Waals surface area contributed by atoms with Gasteiger partial charge in [0.15, 0.2) is 11.5 Å². The summed E-state index contributed by atoms with van der Waals surface area (Å²) in [5.41, 5.74) is 3.76. The van der Waals surface area contributed by atoms with E-state index in [2.05, 4.69) is 42.6 Å². The molecule has 1 heterocycles. The largest absolute Gasteiger partial charge is 0.494 e. The molecule has 2 aromatic rings. The van der Waals surface area contributed by atoms with Crippen LogP contribution in [0.2, 0.25) is 0 Å². The summed E-state index contributed by atoms with van der Waals surface area (Å²) in [6, 6.07) is 12.8. The Kier molecular flexibility index (Phi) is 6.99. The van der Waals surface area contributed by atoms with E-state index in [1.807, 2.05) is 13.0 Å². The number of hydrogen-bond acceptors (Lipinski definition) is 4. The molecule has 0 amide bonds. The lowest BCUT2D eigenvalue weighted by atomic mass is 9.89. The molecule has 0 bridgehead atoms. The number of rotatable bonds is 9. The smallest absolute Gasteiger partial charge is 0.164 e. The Morgan fingerprint density at radius 1 is 1.00 bits per heavy atom. The first-order valence-corrected chi connectivity index (χ1v) is 10.1. The summed E-state index contributed by atoms with van der Waals surface area (Å²) in [5.74, 6) is 2.64. The first-order chi connectivity index (χ1) is 13.3. The van der Waals surface area contributed by atoms with E-state index in [0.717, 1.165) is 43.2 Å². The monoisotopic (exact) mass is 369 g/mol. The van der Waals surface area contributed by atoms with E-state index in [1.165, 1.54) is 29.5 Å². The number of hydrogen-bond donors (Lipinski definition) is 1. The lowest BCUT2D eigenvalue weighted by Gasteiger charge is -2.29. The third-order valence-electron chi connectivity index (χ3n) is 5.03.